The van der Waals surface area contributed by atoms with Crippen LogP contribution in [0.3, 0.4) is 0 Å². The zero-order chi connectivity index (χ0) is 14.0. The first-order valence-corrected chi connectivity index (χ1v) is 7.37. The molecular weight excluding hydrogens is 306 g/mol. The van der Waals surface area contributed by atoms with Crippen LogP contribution in [-0.2, 0) is 32.7 Å². The molecule has 0 aromatic carbocycles. The molecule has 0 aromatic heterocycles. The first kappa shape index (κ1) is 20.1. The van der Waals surface area contributed by atoms with Crippen molar-refractivity contribution in [1.29, 1.82) is 0 Å². The number of likely N-dealkylation sites (tertiary alicyclic amines) is 1. The summed E-state index contributed by atoms with van der Waals surface area (Å²) >= 11 is 0. The Labute approximate surface area is 148 Å². The van der Waals surface area contributed by atoms with Gasteiger partial charge in [-0.25, -0.2) is 0 Å². The number of rotatable bonds is 3. The van der Waals surface area contributed by atoms with Crippen LogP contribution >= 0.6 is 0 Å². The smallest absolute Gasteiger partial charge is 0.0731 e. The van der Waals surface area contributed by atoms with E-state index in [0.717, 1.165) is 25.8 Å². The SMILES string of the molecule is [B]C1(C)CC(C)CCCN(C)C1([CH2-])CC(C)C[CH2-].[Y]. The Bertz CT molecular complexity index is 269. The Hall–Kier alpha value is 1.13. The van der Waals surface area contributed by atoms with Gasteiger partial charge in [0, 0.05) is 32.7 Å². The van der Waals surface area contributed by atoms with Gasteiger partial charge in [-0.2, -0.15) is 6.42 Å². The Balaban J connectivity index is 0.00000324. The molecule has 107 valence electrons. The van der Waals surface area contributed by atoms with Crippen molar-refractivity contribution in [3.8, 4) is 0 Å². The largest absolute Gasteiger partial charge is 0.343 e. The van der Waals surface area contributed by atoms with Gasteiger partial charge in [0.05, 0.1) is 7.85 Å². The third-order valence-electron chi connectivity index (χ3n) is 4.94. The normalized spacial score (nSPS) is 38.9. The Morgan fingerprint density at radius 3 is 2.58 bits per heavy atom. The molecule has 0 bridgehead atoms. The fourth-order valence-electron chi connectivity index (χ4n) is 3.41. The van der Waals surface area contributed by atoms with Crippen molar-refractivity contribution in [1.82, 2.24) is 4.90 Å². The van der Waals surface area contributed by atoms with Crippen LogP contribution in [0.5, 0.6) is 0 Å². The number of nitrogens with zero attached hydrogens (tertiary/aromatic N) is 1. The number of hydrogen-bond acceptors (Lipinski definition) is 1. The Kier molecular flexibility index (Phi) is 8.42. The minimum atomic E-state index is -0.231. The van der Waals surface area contributed by atoms with E-state index < -0.39 is 0 Å². The van der Waals surface area contributed by atoms with Gasteiger partial charge >= 0.3 is 0 Å². The van der Waals surface area contributed by atoms with Crippen molar-refractivity contribution >= 4 is 7.85 Å². The zero-order valence-corrected chi connectivity index (χ0v) is 16.3. The van der Waals surface area contributed by atoms with E-state index >= 15 is 0 Å². The molecule has 1 aliphatic heterocycles. The molecular formula is C16H30BNY-2. The maximum Gasteiger partial charge on any atom is 0.0731 e. The van der Waals surface area contributed by atoms with Gasteiger partial charge in [0.15, 0.2) is 0 Å². The fraction of sp³-hybridized carbons (Fsp3) is 0.875. The fourth-order valence-corrected chi connectivity index (χ4v) is 3.41. The summed E-state index contributed by atoms with van der Waals surface area (Å²) in [7, 11) is 8.87. The molecule has 1 fully saturated rings. The molecule has 0 aromatic rings. The minimum Gasteiger partial charge on any atom is -0.343 e. The van der Waals surface area contributed by atoms with E-state index in [1.54, 1.807) is 0 Å². The molecule has 0 N–H and O–H groups in total. The molecule has 1 rings (SSSR count). The second-order valence-electron chi connectivity index (χ2n) is 6.92. The van der Waals surface area contributed by atoms with Crippen LogP contribution in [-0.4, -0.2) is 31.9 Å². The van der Waals surface area contributed by atoms with E-state index in [1.165, 1.54) is 12.8 Å². The molecule has 19 heavy (non-hydrogen) atoms. The van der Waals surface area contributed by atoms with Gasteiger partial charge in [-0.05, 0) is 32.4 Å². The molecule has 4 atom stereocenters. The Morgan fingerprint density at radius 1 is 1.47 bits per heavy atom. The summed E-state index contributed by atoms with van der Waals surface area (Å²) < 4.78 is 0. The topological polar surface area (TPSA) is 3.24 Å². The predicted octanol–water partition coefficient (Wildman–Crippen LogP) is 3.91. The van der Waals surface area contributed by atoms with E-state index in [2.05, 4.69) is 46.6 Å². The maximum absolute atomic E-state index is 6.68. The number of hydrogen-bond donors (Lipinski definition) is 0. The molecule has 1 saturated heterocycles. The molecule has 4 unspecified atom stereocenters. The van der Waals surface area contributed by atoms with E-state index in [-0.39, 0.29) is 43.6 Å². The van der Waals surface area contributed by atoms with E-state index in [0.29, 0.717) is 11.8 Å². The van der Waals surface area contributed by atoms with Crippen LogP contribution < -0.4 is 0 Å². The summed E-state index contributed by atoms with van der Waals surface area (Å²) in [5, 5.41) is -0.231. The van der Waals surface area contributed by atoms with E-state index in [9.17, 15) is 0 Å². The van der Waals surface area contributed by atoms with Crippen molar-refractivity contribution in [2.24, 2.45) is 11.8 Å². The first-order chi connectivity index (χ1) is 8.23. The summed E-state index contributed by atoms with van der Waals surface area (Å²) in [5.74, 6) is 1.27. The van der Waals surface area contributed by atoms with Gasteiger partial charge in [-0.3, -0.25) is 0 Å². The van der Waals surface area contributed by atoms with Gasteiger partial charge < -0.3 is 18.7 Å². The Morgan fingerprint density at radius 2 is 2.05 bits per heavy atom. The summed E-state index contributed by atoms with van der Waals surface area (Å²) in [6.45, 7) is 16.5. The van der Waals surface area contributed by atoms with Gasteiger partial charge in [-0.15, -0.1) is 5.54 Å². The average molecular weight is 336 g/mol. The van der Waals surface area contributed by atoms with Crippen LogP contribution in [0.4, 0.5) is 0 Å². The van der Waals surface area contributed by atoms with Crippen LogP contribution in [0.25, 0.3) is 0 Å². The minimum absolute atomic E-state index is 0. The first-order valence-electron chi connectivity index (χ1n) is 7.37. The van der Waals surface area contributed by atoms with Crippen LogP contribution in [0.2, 0.25) is 5.31 Å². The van der Waals surface area contributed by atoms with Crippen molar-refractivity contribution in [2.45, 2.75) is 63.7 Å². The van der Waals surface area contributed by atoms with Crippen LogP contribution in [0.1, 0.15) is 52.9 Å². The third-order valence-corrected chi connectivity index (χ3v) is 4.94. The third kappa shape index (κ3) is 4.82. The maximum atomic E-state index is 6.68. The standard InChI is InChI=1S/C16H30BN.Y/c1-7-13(2)12-16(5)15(4,17)11-14(3)9-8-10-18(16)6;/h13-14H,1,5,7-12H2,2-4,6H3;/q-2;. The molecule has 0 saturated carbocycles. The second-order valence-corrected chi connectivity index (χ2v) is 6.92. The molecule has 0 aliphatic carbocycles. The van der Waals surface area contributed by atoms with Crippen LogP contribution in [0, 0.1) is 25.7 Å². The quantitative estimate of drug-likeness (QED) is 0.558. The van der Waals surface area contributed by atoms with Gasteiger partial charge in [0.25, 0.3) is 0 Å². The van der Waals surface area contributed by atoms with E-state index in [1.807, 2.05) is 0 Å². The van der Waals surface area contributed by atoms with Crippen molar-refractivity contribution < 1.29 is 32.7 Å². The molecule has 3 radical (unpaired) electrons. The van der Waals surface area contributed by atoms with Crippen molar-refractivity contribution in [3.05, 3.63) is 13.8 Å². The molecule has 0 spiro atoms. The summed E-state index contributed by atoms with van der Waals surface area (Å²) in [6.07, 6.45) is 5.58. The van der Waals surface area contributed by atoms with E-state index in [4.69, 9.17) is 7.85 Å². The average Bonchev–Trinajstić information content (AvgIpc) is 2.26. The summed E-state index contributed by atoms with van der Waals surface area (Å²) in [5.41, 5.74) is -0.168. The summed E-state index contributed by atoms with van der Waals surface area (Å²) in [6, 6.07) is 0. The molecule has 1 aliphatic rings. The molecule has 1 nitrogen and oxygen atoms in total. The molecule has 0 amide bonds. The second kappa shape index (κ2) is 7.95. The molecule has 1 heterocycles. The molecule has 3 heteroatoms. The summed E-state index contributed by atoms with van der Waals surface area (Å²) in [4.78, 5) is 2.39. The van der Waals surface area contributed by atoms with Gasteiger partial charge in [-0.1, -0.05) is 44.8 Å². The van der Waals surface area contributed by atoms with Gasteiger partial charge in [0.1, 0.15) is 0 Å². The van der Waals surface area contributed by atoms with Crippen molar-refractivity contribution in [3.63, 3.8) is 0 Å². The zero-order valence-electron chi connectivity index (χ0n) is 13.4. The van der Waals surface area contributed by atoms with Gasteiger partial charge in [0.2, 0.25) is 0 Å². The predicted molar refractivity (Wildman–Crippen MR) is 81.6 cm³/mol. The monoisotopic (exact) mass is 336 g/mol. The van der Waals surface area contributed by atoms with Crippen LogP contribution in [0.15, 0.2) is 0 Å². The van der Waals surface area contributed by atoms with Crippen molar-refractivity contribution in [2.75, 3.05) is 13.6 Å².